The molecule has 0 fully saturated rings. The van der Waals surface area contributed by atoms with E-state index in [9.17, 15) is 4.79 Å². The Bertz CT molecular complexity index is 322. The van der Waals surface area contributed by atoms with Gasteiger partial charge in [-0.1, -0.05) is 19.1 Å². The first kappa shape index (κ1) is 12.5. The normalized spacial score (nSPS) is 9.88. The van der Waals surface area contributed by atoms with Crippen LogP contribution in [0.2, 0.25) is 0 Å². The van der Waals surface area contributed by atoms with Crippen molar-refractivity contribution in [3.8, 4) is 0 Å². The summed E-state index contributed by atoms with van der Waals surface area (Å²) in [5, 5.41) is 8.68. The van der Waals surface area contributed by atoms with Crippen molar-refractivity contribution in [1.29, 1.82) is 0 Å². The minimum Gasteiger partial charge on any atom is -0.338 e. The lowest BCUT2D eigenvalue weighted by molar-refractivity contribution is 0.252. The van der Waals surface area contributed by atoms with Gasteiger partial charge in [0.1, 0.15) is 0 Å². The minimum absolute atomic E-state index is 0.165. The number of amides is 2. The Morgan fingerprint density at radius 3 is 2.38 bits per heavy atom. The molecule has 0 aliphatic heterocycles. The number of rotatable bonds is 5. The van der Waals surface area contributed by atoms with E-state index in [1.54, 1.807) is 0 Å². The van der Waals surface area contributed by atoms with Crippen molar-refractivity contribution < 1.29 is 4.79 Å². The first-order valence-corrected chi connectivity index (χ1v) is 5.60. The second kappa shape index (κ2) is 6.85. The van der Waals surface area contributed by atoms with Crippen molar-refractivity contribution in [1.82, 2.24) is 10.6 Å². The highest BCUT2D eigenvalue weighted by molar-refractivity contribution is 5.89. The van der Waals surface area contributed by atoms with Crippen LogP contribution < -0.4 is 16.0 Å². The van der Waals surface area contributed by atoms with Crippen molar-refractivity contribution in [3.63, 3.8) is 0 Å². The van der Waals surface area contributed by atoms with Gasteiger partial charge in [0.15, 0.2) is 0 Å². The molecule has 2 amide bonds. The van der Waals surface area contributed by atoms with Gasteiger partial charge in [0.25, 0.3) is 0 Å². The monoisotopic (exact) mass is 221 g/mol. The number of carbonyl (C=O) groups excluding carboxylic acids is 1. The van der Waals surface area contributed by atoms with Crippen LogP contribution in [0.5, 0.6) is 0 Å². The van der Waals surface area contributed by atoms with Gasteiger partial charge in [-0.25, -0.2) is 4.79 Å². The van der Waals surface area contributed by atoms with Crippen LogP contribution in [0.4, 0.5) is 10.5 Å². The molecule has 0 atom stereocenters. The minimum atomic E-state index is -0.165. The maximum absolute atomic E-state index is 11.2. The third-order valence-corrected chi connectivity index (χ3v) is 2.13. The average molecular weight is 221 g/mol. The number of urea groups is 1. The predicted molar refractivity (Wildman–Crippen MR) is 66.5 cm³/mol. The smallest absolute Gasteiger partial charge is 0.319 e. The van der Waals surface area contributed by atoms with Gasteiger partial charge in [-0.3, -0.25) is 0 Å². The van der Waals surface area contributed by atoms with Crippen LogP contribution in [-0.2, 0) is 6.54 Å². The quantitative estimate of drug-likeness (QED) is 0.711. The van der Waals surface area contributed by atoms with Crippen LogP contribution in [0.1, 0.15) is 19.4 Å². The van der Waals surface area contributed by atoms with Crippen LogP contribution in [-0.4, -0.2) is 19.1 Å². The molecule has 0 aliphatic rings. The molecule has 0 radical (unpaired) electrons. The summed E-state index contributed by atoms with van der Waals surface area (Å²) >= 11 is 0. The Hall–Kier alpha value is -1.55. The Balaban J connectivity index is 2.47. The molecule has 0 saturated carbocycles. The van der Waals surface area contributed by atoms with Crippen LogP contribution >= 0.6 is 0 Å². The van der Waals surface area contributed by atoms with Crippen LogP contribution in [0.25, 0.3) is 0 Å². The van der Waals surface area contributed by atoms with Gasteiger partial charge in [0, 0.05) is 18.8 Å². The van der Waals surface area contributed by atoms with E-state index in [1.807, 2.05) is 31.2 Å². The highest BCUT2D eigenvalue weighted by Crippen LogP contribution is 2.09. The van der Waals surface area contributed by atoms with Crippen molar-refractivity contribution in [2.75, 3.05) is 18.4 Å². The summed E-state index contributed by atoms with van der Waals surface area (Å²) in [6, 6.07) is 7.65. The molecule has 1 rings (SSSR count). The first-order valence-electron chi connectivity index (χ1n) is 5.60. The molecular formula is C12H19N3O. The second-order valence-corrected chi connectivity index (χ2v) is 3.46. The van der Waals surface area contributed by atoms with Crippen LogP contribution in [0.15, 0.2) is 24.3 Å². The summed E-state index contributed by atoms with van der Waals surface area (Å²) in [4.78, 5) is 11.2. The molecular weight excluding hydrogens is 202 g/mol. The molecule has 3 N–H and O–H groups in total. The number of hydrogen-bond donors (Lipinski definition) is 3. The maximum atomic E-state index is 11.2. The van der Waals surface area contributed by atoms with E-state index < -0.39 is 0 Å². The molecule has 0 heterocycles. The zero-order chi connectivity index (χ0) is 11.8. The van der Waals surface area contributed by atoms with Crippen molar-refractivity contribution in [2.24, 2.45) is 0 Å². The topological polar surface area (TPSA) is 53.2 Å². The Morgan fingerprint density at radius 1 is 1.12 bits per heavy atom. The lowest BCUT2D eigenvalue weighted by Crippen LogP contribution is -2.28. The lowest BCUT2D eigenvalue weighted by Gasteiger charge is -2.07. The van der Waals surface area contributed by atoms with Crippen LogP contribution in [0, 0.1) is 0 Å². The van der Waals surface area contributed by atoms with Gasteiger partial charge in [0.2, 0.25) is 0 Å². The van der Waals surface area contributed by atoms with E-state index in [2.05, 4.69) is 22.9 Å². The summed E-state index contributed by atoms with van der Waals surface area (Å²) in [7, 11) is 0. The fourth-order valence-electron chi connectivity index (χ4n) is 1.31. The van der Waals surface area contributed by atoms with Gasteiger partial charge in [-0.05, 0) is 31.2 Å². The van der Waals surface area contributed by atoms with Gasteiger partial charge in [0.05, 0.1) is 0 Å². The summed E-state index contributed by atoms with van der Waals surface area (Å²) < 4.78 is 0. The van der Waals surface area contributed by atoms with E-state index in [0.29, 0.717) is 6.54 Å². The van der Waals surface area contributed by atoms with Crippen LogP contribution in [0.3, 0.4) is 0 Å². The highest BCUT2D eigenvalue weighted by Gasteiger charge is 1.99. The van der Waals surface area contributed by atoms with Crippen molar-refractivity contribution >= 4 is 11.7 Å². The molecule has 0 unspecified atom stereocenters. The van der Waals surface area contributed by atoms with Gasteiger partial charge in [-0.15, -0.1) is 0 Å². The predicted octanol–water partition coefficient (Wildman–Crippen LogP) is 1.94. The molecule has 0 spiro atoms. The molecule has 1 aromatic carbocycles. The average Bonchev–Trinajstić information content (AvgIpc) is 2.28. The van der Waals surface area contributed by atoms with Gasteiger partial charge in [-0.2, -0.15) is 0 Å². The van der Waals surface area contributed by atoms with E-state index in [0.717, 1.165) is 18.8 Å². The summed E-state index contributed by atoms with van der Waals surface area (Å²) in [5.41, 5.74) is 2.02. The molecule has 1 aromatic rings. The standard InChI is InChI=1S/C12H19N3O/c1-3-13-9-10-5-7-11(8-6-10)15-12(16)14-4-2/h5-8,13H,3-4,9H2,1-2H3,(H2,14,15,16). The second-order valence-electron chi connectivity index (χ2n) is 3.46. The van der Waals surface area contributed by atoms with Gasteiger partial charge >= 0.3 is 6.03 Å². The maximum Gasteiger partial charge on any atom is 0.319 e. The summed E-state index contributed by atoms with van der Waals surface area (Å²) in [5.74, 6) is 0. The third kappa shape index (κ3) is 4.31. The molecule has 0 saturated heterocycles. The Labute approximate surface area is 96.4 Å². The number of carbonyl (C=O) groups is 1. The third-order valence-electron chi connectivity index (χ3n) is 2.13. The fourth-order valence-corrected chi connectivity index (χ4v) is 1.31. The molecule has 0 aliphatic carbocycles. The van der Waals surface area contributed by atoms with E-state index in [1.165, 1.54) is 5.56 Å². The molecule has 0 bridgehead atoms. The summed E-state index contributed by atoms with van der Waals surface area (Å²) in [6.45, 7) is 6.41. The number of hydrogen-bond acceptors (Lipinski definition) is 2. The molecule has 88 valence electrons. The number of nitrogens with one attached hydrogen (secondary N) is 3. The Morgan fingerprint density at radius 2 is 1.81 bits per heavy atom. The van der Waals surface area contributed by atoms with Gasteiger partial charge < -0.3 is 16.0 Å². The number of benzene rings is 1. The molecule has 16 heavy (non-hydrogen) atoms. The zero-order valence-corrected chi connectivity index (χ0v) is 9.84. The van der Waals surface area contributed by atoms with E-state index >= 15 is 0 Å². The zero-order valence-electron chi connectivity index (χ0n) is 9.84. The summed E-state index contributed by atoms with van der Waals surface area (Å²) in [6.07, 6.45) is 0. The lowest BCUT2D eigenvalue weighted by atomic mass is 10.2. The molecule has 0 aromatic heterocycles. The molecule has 4 nitrogen and oxygen atoms in total. The van der Waals surface area contributed by atoms with E-state index in [4.69, 9.17) is 0 Å². The van der Waals surface area contributed by atoms with Crippen molar-refractivity contribution in [3.05, 3.63) is 29.8 Å². The highest BCUT2D eigenvalue weighted by atomic mass is 16.2. The van der Waals surface area contributed by atoms with Crippen molar-refractivity contribution in [2.45, 2.75) is 20.4 Å². The first-order chi connectivity index (χ1) is 7.76. The molecule has 4 heteroatoms. The SMILES string of the molecule is CCNCc1ccc(NC(=O)NCC)cc1. The number of anilines is 1. The van der Waals surface area contributed by atoms with E-state index in [-0.39, 0.29) is 6.03 Å². The fraction of sp³-hybridized carbons (Fsp3) is 0.417. The largest absolute Gasteiger partial charge is 0.338 e. The Kier molecular flexibility index (Phi) is 5.36.